The van der Waals surface area contributed by atoms with Gasteiger partial charge < -0.3 is 19.1 Å². The summed E-state index contributed by atoms with van der Waals surface area (Å²) >= 11 is 5.91. The van der Waals surface area contributed by atoms with Crippen LogP contribution in [-0.4, -0.2) is 39.2 Å². The number of methoxy groups -OCH3 is 1. The van der Waals surface area contributed by atoms with Gasteiger partial charge in [-0.1, -0.05) is 11.6 Å². The van der Waals surface area contributed by atoms with Gasteiger partial charge in [-0.2, -0.15) is 0 Å². The topological polar surface area (TPSA) is 30.9 Å². The third-order valence-corrected chi connectivity index (χ3v) is 4.18. The minimum absolute atomic E-state index is 0.0769. The van der Waals surface area contributed by atoms with Gasteiger partial charge in [-0.25, -0.2) is 4.39 Å². The van der Waals surface area contributed by atoms with Crippen LogP contribution in [0.2, 0.25) is 5.02 Å². The van der Waals surface area contributed by atoms with Crippen LogP contribution < -0.4 is 9.64 Å². The first-order valence-electron chi connectivity index (χ1n) is 6.69. The van der Waals surface area contributed by atoms with Gasteiger partial charge in [-0.15, -0.1) is 0 Å². The van der Waals surface area contributed by atoms with Crippen molar-refractivity contribution in [3.63, 3.8) is 0 Å². The van der Waals surface area contributed by atoms with Gasteiger partial charge in [0.1, 0.15) is 0 Å². The zero-order chi connectivity index (χ0) is 14.2. The van der Waals surface area contributed by atoms with E-state index < -0.39 is 11.6 Å². The second kappa shape index (κ2) is 5.39. The zero-order valence-corrected chi connectivity index (χ0v) is 12.1. The van der Waals surface area contributed by atoms with Crippen molar-refractivity contribution in [3.05, 3.63) is 23.0 Å². The van der Waals surface area contributed by atoms with Crippen LogP contribution in [0.4, 0.5) is 10.1 Å². The number of hydrogen-bond acceptors (Lipinski definition) is 4. The molecule has 110 valence electrons. The summed E-state index contributed by atoms with van der Waals surface area (Å²) in [5.74, 6) is -0.764. The molecule has 0 radical (unpaired) electrons. The fraction of sp³-hybridized carbons (Fsp3) is 0.571. The maximum absolute atomic E-state index is 13.7. The van der Waals surface area contributed by atoms with E-state index in [4.69, 9.17) is 25.8 Å². The molecule has 0 aromatic heterocycles. The second-order valence-corrected chi connectivity index (χ2v) is 5.45. The number of hydrogen-bond donors (Lipinski definition) is 0. The summed E-state index contributed by atoms with van der Waals surface area (Å²) in [6.45, 7) is 2.89. The van der Waals surface area contributed by atoms with E-state index in [1.54, 1.807) is 12.1 Å². The minimum atomic E-state index is -0.520. The van der Waals surface area contributed by atoms with Crippen molar-refractivity contribution in [2.45, 2.75) is 18.6 Å². The highest BCUT2D eigenvalue weighted by atomic mass is 35.5. The van der Waals surface area contributed by atoms with E-state index in [-0.39, 0.29) is 10.8 Å². The van der Waals surface area contributed by atoms with Crippen LogP contribution in [0.25, 0.3) is 0 Å². The van der Waals surface area contributed by atoms with Gasteiger partial charge in [-0.05, 0) is 6.07 Å². The third-order valence-electron chi connectivity index (χ3n) is 3.90. The molecule has 1 aromatic rings. The van der Waals surface area contributed by atoms with Gasteiger partial charge in [-0.3, -0.25) is 0 Å². The molecule has 1 spiro atoms. The first-order valence-corrected chi connectivity index (χ1v) is 7.07. The molecule has 2 fully saturated rings. The van der Waals surface area contributed by atoms with Crippen molar-refractivity contribution in [2.75, 3.05) is 38.3 Å². The summed E-state index contributed by atoms with van der Waals surface area (Å²) in [5, 5.41) is 0.0769. The molecule has 0 aliphatic carbocycles. The molecule has 2 aliphatic rings. The number of halogens is 2. The Labute approximate surface area is 122 Å². The standard InChI is InChI=1S/C14H17ClFNO3/c1-18-12-9-10(8-11(15)13(12)16)17-4-2-14(3-5-17)19-6-7-20-14/h8-9H,2-7H2,1H3. The third kappa shape index (κ3) is 2.45. The Bertz CT molecular complexity index is 495. The lowest BCUT2D eigenvalue weighted by Crippen LogP contribution is -2.45. The zero-order valence-electron chi connectivity index (χ0n) is 11.3. The van der Waals surface area contributed by atoms with Crippen molar-refractivity contribution in [3.8, 4) is 5.75 Å². The molecule has 0 N–H and O–H groups in total. The Morgan fingerprint density at radius 1 is 1.25 bits per heavy atom. The van der Waals surface area contributed by atoms with E-state index >= 15 is 0 Å². The number of rotatable bonds is 2. The summed E-state index contributed by atoms with van der Waals surface area (Å²) in [4.78, 5) is 2.14. The molecular weight excluding hydrogens is 285 g/mol. The van der Waals surface area contributed by atoms with Crippen molar-refractivity contribution >= 4 is 17.3 Å². The van der Waals surface area contributed by atoms with E-state index in [9.17, 15) is 4.39 Å². The van der Waals surface area contributed by atoms with Gasteiger partial charge in [0, 0.05) is 37.7 Å². The average molecular weight is 302 g/mol. The summed E-state index contributed by atoms with van der Waals surface area (Å²) in [6, 6.07) is 3.31. The summed E-state index contributed by atoms with van der Waals surface area (Å²) < 4.78 is 30.1. The molecular formula is C14H17ClFNO3. The lowest BCUT2D eigenvalue weighted by molar-refractivity contribution is -0.169. The molecule has 2 heterocycles. The number of benzene rings is 1. The molecule has 20 heavy (non-hydrogen) atoms. The summed E-state index contributed by atoms with van der Waals surface area (Å²) in [7, 11) is 1.43. The molecule has 3 rings (SSSR count). The van der Waals surface area contributed by atoms with E-state index in [1.165, 1.54) is 7.11 Å². The number of anilines is 1. The molecule has 0 unspecified atom stereocenters. The maximum atomic E-state index is 13.7. The lowest BCUT2D eigenvalue weighted by atomic mass is 10.0. The number of nitrogens with zero attached hydrogens (tertiary/aromatic N) is 1. The van der Waals surface area contributed by atoms with Gasteiger partial charge in [0.2, 0.25) is 0 Å². The molecule has 0 atom stereocenters. The molecule has 2 saturated heterocycles. The summed E-state index contributed by atoms with van der Waals surface area (Å²) in [5.41, 5.74) is 0.862. The summed E-state index contributed by atoms with van der Waals surface area (Å²) in [6.07, 6.45) is 1.59. The maximum Gasteiger partial charge on any atom is 0.183 e. The Morgan fingerprint density at radius 3 is 2.50 bits per heavy atom. The Morgan fingerprint density at radius 2 is 1.90 bits per heavy atom. The number of piperidine rings is 1. The quantitative estimate of drug-likeness (QED) is 0.840. The molecule has 0 amide bonds. The molecule has 0 bridgehead atoms. The smallest absolute Gasteiger partial charge is 0.183 e. The molecule has 4 nitrogen and oxygen atoms in total. The van der Waals surface area contributed by atoms with Crippen LogP contribution >= 0.6 is 11.6 Å². The minimum Gasteiger partial charge on any atom is -0.494 e. The van der Waals surface area contributed by atoms with E-state index in [2.05, 4.69) is 4.90 Å². The van der Waals surface area contributed by atoms with Crippen molar-refractivity contribution in [1.82, 2.24) is 0 Å². The molecule has 2 aliphatic heterocycles. The fourth-order valence-electron chi connectivity index (χ4n) is 2.77. The van der Waals surface area contributed by atoms with Gasteiger partial charge in [0.25, 0.3) is 0 Å². The highest BCUT2D eigenvalue weighted by Crippen LogP contribution is 2.36. The van der Waals surface area contributed by atoms with Crippen LogP contribution in [-0.2, 0) is 9.47 Å². The average Bonchev–Trinajstić information content (AvgIpc) is 2.91. The Hall–Kier alpha value is -1.04. The molecule has 0 saturated carbocycles. The monoisotopic (exact) mass is 301 g/mol. The van der Waals surface area contributed by atoms with E-state index in [0.717, 1.165) is 31.6 Å². The first-order chi connectivity index (χ1) is 9.63. The molecule has 6 heteroatoms. The Balaban J connectivity index is 1.76. The largest absolute Gasteiger partial charge is 0.494 e. The van der Waals surface area contributed by atoms with Crippen molar-refractivity contribution < 1.29 is 18.6 Å². The van der Waals surface area contributed by atoms with Crippen LogP contribution in [0.3, 0.4) is 0 Å². The highest BCUT2D eigenvalue weighted by Gasteiger charge is 2.39. The first kappa shape index (κ1) is 13.9. The normalized spacial score (nSPS) is 21.4. The van der Waals surface area contributed by atoms with Crippen LogP contribution in [0.1, 0.15) is 12.8 Å². The van der Waals surface area contributed by atoms with Crippen LogP contribution in [0.15, 0.2) is 12.1 Å². The molecule has 1 aromatic carbocycles. The van der Waals surface area contributed by atoms with Gasteiger partial charge in [0.05, 0.1) is 25.3 Å². The predicted molar refractivity (Wildman–Crippen MR) is 74.0 cm³/mol. The van der Waals surface area contributed by atoms with E-state index in [1.807, 2.05) is 0 Å². The van der Waals surface area contributed by atoms with Gasteiger partial charge in [0.15, 0.2) is 17.4 Å². The van der Waals surface area contributed by atoms with E-state index in [0.29, 0.717) is 13.2 Å². The number of ether oxygens (including phenoxy) is 3. The Kier molecular flexibility index (Phi) is 3.75. The lowest BCUT2D eigenvalue weighted by Gasteiger charge is -2.38. The fourth-order valence-corrected chi connectivity index (χ4v) is 2.98. The predicted octanol–water partition coefficient (Wildman–Crippen LogP) is 2.83. The van der Waals surface area contributed by atoms with Crippen LogP contribution in [0.5, 0.6) is 5.75 Å². The second-order valence-electron chi connectivity index (χ2n) is 5.04. The van der Waals surface area contributed by atoms with Crippen molar-refractivity contribution in [2.24, 2.45) is 0 Å². The van der Waals surface area contributed by atoms with Crippen LogP contribution in [0, 0.1) is 5.82 Å². The van der Waals surface area contributed by atoms with Gasteiger partial charge >= 0.3 is 0 Å². The van der Waals surface area contributed by atoms with Crippen molar-refractivity contribution in [1.29, 1.82) is 0 Å². The highest BCUT2D eigenvalue weighted by molar-refractivity contribution is 6.31. The SMILES string of the molecule is COc1cc(N2CCC3(CC2)OCCO3)cc(Cl)c1F.